The highest BCUT2D eigenvalue weighted by molar-refractivity contribution is 6.43. The summed E-state index contributed by atoms with van der Waals surface area (Å²) in [5, 5.41) is 23.5. The van der Waals surface area contributed by atoms with E-state index in [1.54, 1.807) is 0 Å². The number of nitrogens with one attached hydrogen (secondary N) is 2. The number of hydrogen-bond donors (Lipinski definition) is 4. The van der Waals surface area contributed by atoms with Crippen molar-refractivity contribution >= 4 is 24.6 Å². The first-order chi connectivity index (χ1) is 12.7. The lowest BCUT2D eigenvalue weighted by Gasteiger charge is -2.41. The third-order valence-electron chi connectivity index (χ3n) is 4.39. The molecule has 0 bridgehead atoms. The topological polar surface area (TPSA) is 102 Å². The lowest BCUT2D eigenvalue weighted by atomic mass is 9.75. The van der Waals surface area contributed by atoms with Gasteiger partial charge in [-0.25, -0.2) is 8.78 Å². The fourth-order valence-corrected chi connectivity index (χ4v) is 2.96. The number of halogens is 2. The minimum atomic E-state index is -1.70. The van der Waals surface area contributed by atoms with Gasteiger partial charge >= 0.3 is 7.12 Å². The molecule has 0 spiro atoms. The molecule has 2 atom stereocenters. The van der Waals surface area contributed by atoms with Gasteiger partial charge in [0.25, 0.3) is 0 Å². The average Bonchev–Trinajstić information content (AvgIpc) is 2.54. The van der Waals surface area contributed by atoms with Crippen LogP contribution in [0.1, 0.15) is 26.7 Å². The number of amides is 2. The molecule has 1 aliphatic heterocycles. The summed E-state index contributed by atoms with van der Waals surface area (Å²) in [5.41, 5.74) is 0.00579. The van der Waals surface area contributed by atoms with Gasteiger partial charge in [0.05, 0.1) is 18.2 Å². The van der Waals surface area contributed by atoms with E-state index >= 15 is 0 Å². The summed E-state index contributed by atoms with van der Waals surface area (Å²) in [6, 6.07) is 2.34. The Morgan fingerprint density at radius 1 is 1.33 bits per heavy atom. The lowest BCUT2D eigenvalue weighted by Crippen LogP contribution is -2.58. The third-order valence-corrected chi connectivity index (χ3v) is 4.39. The largest absolute Gasteiger partial charge is 0.475 e. The predicted molar refractivity (Wildman–Crippen MR) is 96.7 cm³/mol. The normalized spacial score (nSPS) is 17.3. The van der Waals surface area contributed by atoms with Gasteiger partial charge in [-0.05, 0) is 30.9 Å². The highest BCUT2D eigenvalue weighted by Crippen LogP contribution is 2.29. The van der Waals surface area contributed by atoms with E-state index in [0.717, 1.165) is 18.2 Å². The second-order valence-corrected chi connectivity index (χ2v) is 7.03. The summed E-state index contributed by atoms with van der Waals surface area (Å²) >= 11 is 0. The Bertz CT molecular complexity index is 690. The van der Waals surface area contributed by atoms with Gasteiger partial charge in [-0.1, -0.05) is 13.8 Å². The van der Waals surface area contributed by atoms with Crippen molar-refractivity contribution in [3.05, 3.63) is 29.8 Å². The molecule has 1 aromatic carbocycles. The molecule has 0 aromatic heterocycles. The van der Waals surface area contributed by atoms with Crippen LogP contribution in [0.3, 0.4) is 0 Å². The quantitative estimate of drug-likeness (QED) is 0.481. The molecule has 148 valence electrons. The summed E-state index contributed by atoms with van der Waals surface area (Å²) in [7, 11) is -1.70. The van der Waals surface area contributed by atoms with E-state index in [2.05, 4.69) is 10.6 Å². The Morgan fingerprint density at radius 2 is 2.04 bits per heavy atom. The van der Waals surface area contributed by atoms with Crippen LogP contribution in [0.15, 0.2) is 18.2 Å². The number of anilines is 1. The molecule has 10 heteroatoms. The number of benzene rings is 1. The second-order valence-electron chi connectivity index (χ2n) is 7.03. The molecule has 27 heavy (non-hydrogen) atoms. The molecule has 1 saturated heterocycles. The van der Waals surface area contributed by atoms with Crippen molar-refractivity contribution in [2.45, 2.75) is 38.7 Å². The van der Waals surface area contributed by atoms with Crippen LogP contribution in [-0.2, 0) is 9.59 Å². The molecular weight excluding hydrogens is 359 g/mol. The molecule has 7 nitrogen and oxygen atoms in total. The van der Waals surface area contributed by atoms with E-state index in [4.69, 9.17) is 0 Å². The maximum atomic E-state index is 13.9. The van der Waals surface area contributed by atoms with Crippen molar-refractivity contribution in [3.63, 3.8) is 0 Å². The van der Waals surface area contributed by atoms with Crippen molar-refractivity contribution in [2.24, 2.45) is 5.92 Å². The van der Waals surface area contributed by atoms with E-state index < -0.39 is 42.6 Å². The maximum Gasteiger partial charge on any atom is 0.475 e. The molecule has 0 saturated carbocycles. The van der Waals surface area contributed by atoms with Crippen LogP contribution in [0, 0.1) is 17.6 Å². The van der Waals surface area contributed by atoms with Crippen molar-refractivity contribution in [1.82, 2.24) is 10.6 Å². The van der Waals surface area contributed by atoms with Crippen LogP contribution in [-0.4, -0.2) is 54.1 Å². The van der Waals surface area contributed by atoms with Crippen LogP contribution in [0.25, 0.3) is 0 Å². The Hall–Kier alpha value is -2.20. The minimum absolute atomic E-state index is 0.00579. The Balaban J connectivity index is 1.88. The van der Waals surface area contributed by atoms with E-state index in [1.165, 1.54) is 4.90 Å². The lowest BCUT2D eigenvalue weighted by molar-refractivity contribution is -0.127. The van der Waals surface area contributed by atoms with Gasteiger partial charge < -0.3 is 25.6 Å². The van der Waals surface area contributed by atoms with Gasteiger partial charge in [-0.15, -0.1) is 0 Å². The molecule has 4 N–H and O–H groups in total. The van der Waals surface area contributed by atoms with Gasteiger partial charge in [0.15, 0.2) is 0 Å². The summed E-state index contributed by atoms with van der Waals surface area (Å²) < 4.78 is 27.2. The van der Waals surface area contributed by atoms with Gasteiger partial charge in [-0.2, -0.15) is 0 Å². The van der Waals surface area contributed by atoms with Crippen molar-refractivity contribution in [3.8, 4) is 0 Å². The Kier molecular flexibility index (Phi) is 7.15. The molecule has 2 amide bonds. The van der Waals surface area contributed by atoms with Crippen LogP contribution >= 0.6 is 0 Å². The van der Waals surface area contributed by atoms with E-state index in [-0.39, 0.29) is 18.2 Å². The average molecular weight is 383 g/mol. The first kappa shape index (κ1) is 21.1. The van der Waals surface area contributed by atoms with Crippen LogP contribution < -0.4 is 15.5 Å². The number of carbonyl (C=O) groups excluding carboxylic acids is 2. The Morgan fingerprint density at radius 3 is 2.59 bits per heavy atom. The smallest absolute Gasteiger partial charge is 0.426 e. The minimum Gasteiger partial charge on any atom is -0.426 e. The summed E-state index contributed by atoms with van der Waals surface area (Å²) in [5.74, 6) is -2.97. The number of rotatable bonds is 8. The maximum absolute atomic E-state index is 13.9. The molecular formula is C17H24BF2N3O4. The van der Waals surface area contributed by atoms with Crippen molar-refractivity contribution in [2.75, 3.05) is 18.0 Å². The zero-order valence-electron chi connectivity index (χ0n) is 15.3. The number of carbonyl (C=O) groups is 2. The van der Waals surface area contributed by atoms with E-state index in [9.17, 15) is 28.4 Å². The molecule has 1 heterocycles. The highest BCUT2D eigenvalue weighted by atomic mass is 19.1. The Labute approximate surface area is 156 Å². The van der Waals surface area contributed by atoms with Crippen LogP contribution in [0.2, 0.25) is 0 Å². The molecule has 0 unspecified atom stereocenters. The SMILES string of the molecule is CC(C)C[C@H](NC(=O)CNC(=O)[C@@H]1CCN1c1cc(F)ccc1F)B(O)O. The summed E-state index contributed by atoms with van der Waals surface area (Å²) in [6.45, 7) is 3.80. The first-order valence-corrected chi connectivity index (χ1v) is 8.84. The second kappa shape index (κ2) is 9.14. The monoisotopic (exact) mass is 383 g/mol. The van der Waals surface area contributed by atoms with Crippen LogP contribution in [0.5, 0.6) is 0 Å². The summed E-state index contributed by atoms with van der Waals surface area (Å²) in [6.07, 6.45) is 0.821. The number of nitrogens with zero attached hydrogens (tertiary/aromatic N) is 1. The molecule has 2 rings (SSSR count). The molecule has 0 radical (unpaired) electrons. The molecule has 1 aromatic rings. The van der Waals surface area contributed by atoms with E-state index in [0.29, 0.717) is 19.4 Å². The molecule has 1 fully saturated rings. The van der Waals surface area contributed by atoms with Gasteiger partial charge in [0.2, 0.25) is 11.8 Å². The van der Waals surface area contributed by atoms with Crippen molar-refractivity contribution < 1.29 is 28.4 Å². The van der Waals surface area contributed by atoms with Crippen LogP contribution in [0.4, 0.5) is 14.5 Å². The van der Waals surface area contributed by atoms with E-state index in [1.807, 2.05) is 13.8 Å². The van der Waals surface area contributed by atoms with Gasteiger partial charge in [-0.3, -0.25) is 9.59 Å². The first-order valence-electron chi connectivity index (χ1n) is 8.84. The molecule has 0 aliphatic carbocycles. The zero-order valence-corrected chi connectivity index (χ0v) is 15.3. The predicted octanol–water partition coefficient (Wildman–Crippen LogP) is 0.203. The number of hydrogen-bond acceptors (Lipinski definition) is 5. The van der Waals surface area contributed by atoms with Gasteiger partial charge in [0.1, 0.15) is 17.7 Å². The highest BCUT2D eigenvalue weighted by Gasteiger charge is 2.36. The van der Waals surface area contributed by atoms with Gasteiger partial charge in [0, 0.05) is 12.6 Å². The third kappa shape index (κ3) is 5.64. The standard InChI is InChI=1S/C17H24BF2N3O4/c1-10(2)7-15(18(26)27)22-16(24)9-21-17(25)13-5-6-23(13)14-8-11(19)3-4-12(14)20/h3-4,8,10,13,15,26-27H,5-7,9H2,1-2H3,(H,21,25)(H,22,24)/t13-,15-/m0/s1. The molecule has 1 aliphatic rings. The fraction of sp³-hybridized carbons (Fsp3) is 0.529. The van der Waals surface area contributed by atoms with Crippen molar-refractivity contribution in [1.29, 1.82) is 0 Å². The fourth-order valence-electron chi connectivity index (χ4n) is 2.96. The summed E-state index contributed by atoms with van der Waals surface area (Å²) in [4.78, 5) is 25.6. The zero-order chi connectivity index (χ0) is 20.1.